The number of benzene rings is 1. The van der Waals surface area contributed by atoms with Crippen molar-refractivity contribution in [2.75, 3.05) is 18.4 Å². The highest BCUT2D eigenvalue weighted by molar-refractivity contribution is 9.10. The number of nitrogens with one attached hydrogen (secondary N) is 1. The molecule has 140 valence electrons. The van der Waals surface area contributed by atoms with Crippen molar-refractivity contribution in [1.29, 1.82) is 0 Å². The number of aryl methyl sites for hydroxylation is 1. The second kappa shape index (κ2) is 7.50. The van der Waals surface area contributed by atoms with E-state index in [1.54, 1.807) is 0 Å². The van der Waals surface area contributed by atoms with Crippen LogP contribution >= 0.6 is 15.9 Å². The minimum Gasteiger partial charge on any atom is -0.392 e. The lowest BCUT2D eigenvalue weighted by Gasteiger charge is -2.16. The van der Waals surface area contributed by atoms with Crippen LogP contribution in [-0.4, -0.2) is 44.2 Å². The highest BCUT2D eigenvalue weighted by atomic mass is 79.9. The van der Waals surface area contributed by atoms with E-state index in [1.807, 2.05) is 31.3 Å². The quantitative estimate of drug-likeness (QED) is 0.660. The first-order valence-corrected chi connectivity index (χ1v) is 9.85. The molecule has 0 spiro atoms. The highest BCUT2D eigenvalue weighted by Gasteiger charge is 2.20. The van der Waals surface area contributed by atoms with Gasteiger partial charge in [0.05, 0.1) is 11.6 Å². The zero-order valence-electron chi connectivity index (χ0n) is 15.4. The van der Waals surface area contributed by atoms with Gasteiger partial charge in [0.2, 0.25) is 0 Å². The number of aromatic nitrogens is 3. The fourth-order valence-electron chi connectivity index (χ4n) is 3.43. The van der Waals surface area contributed by atoms with Gasteiger partial charge in [0.1, 0.15) is 11.3 Å². The van der Waals surface area contributed by atoms with Crippen molar-refractivity contribution in [3.63, 3.8) is 0 Å². The number of pyridine rings is 1. The Morgan fingerprint density at radius 3 is 2.93 bits per heavy atom. The molecule has 1 atom stereocenters. The average Bonchev–Trinajstić information content (AvgIpc) is 3.03. The Hall–Kier alpha value is -2.09. The lowest BCUT2D eigenvalue weighted by atomic mass is 10.2. The number of fused-ring (bicyclic) bond motifs is 1. The lowest BCUT2D eigenvalue weighted by Crippen LogP contribution is -2.21. The van der Waals surface area contributed by atoms with Crippen LogP contribution in [0.15, 0.2) is 34.9 Å². The van der Waals surface area contributed by atoms with Gasteiger partial charge in [0, 0.05) is 36.0 Å². The van der Waals surface area contributed by atoms with Gasteiger partial charge in [-0.25, -0.2) is 9.97 Å². The highest BCUT2D eigenvalue weighted by Crippen LogP contribution is 2.28. The largest absolute Gasteiger partial charge is 0.392 e. The van der Waals surface area contributed by atoms with Gasteiger partial charge in [-0.2, -0.15) is 0 Å². The van der Waals surface area contributed by atoms with Crippen LogP contribution in [0.1, 0.15) is 23.4 Å². The summed E-state index contributed by atoms with van der Waals surface area (Å²) in [7, 11) is 0. The summed E-state index contributed by atoms with van der Waals surface area (Å²) in [5.74, 6) is 1.41. The van der Waals surface area contributed by atoms with Crippen LogP contribution in [-0.2, 0) is 6.54 Å². The SMILES string of the molecule is Cc1nc(Nc2cccc(Br)c2C)c2ncc(CN3CCC(O)C3)cc2n1. The second-order valence-electron chi connectivity index (χ2n) is 7.05. The van der Waals surface area contributed by atoms with Gasteiger partial charge in [-0.3, -0.25) is 9.88 Å². The molecule has 0 bridgehead atoms. The monoisotopic (exact) mass is 427 g/mol. The number of aliphatic hydroxyl groups is 1. The molecule has 0 aliphatic carbocycles. The van der Waals surface area contributed by atoms with E-state index in [4.69, 9.17) is 0 Å². The van der Waals surface area contributed by atoms with Crippen molar-refractivity contribution in [3.8, 4) is 0 Å². The number of aliphatic hydroxyl groups excluding tert-OH is 1. The third-order valence-corrected chi connectivity index (χ3v) is 5.74. The summed E-state index contributed by atoms with van der Waals surface area (Å²) in [6, 6.07) is 8.10. The van der Waals surface area contributed by atoms with E-state index in [9.17, 15) is 5.11 Å². The molecule has 0 saturated carbocycles. The maximum Gasteiger partial charge on any atom is 0.160 e. The molecule has 1 unspecified atom stereocenters. The van der Waals surface area contributed by atoms with Gasteiger partial charge in [0.25, 0.3) is 0 Å². The molecule has 4 rings (SSSR count). The standard InChI is InChI=1S/C20H22BrN5O/c1-12-16(21)4-3-5-17(12)25-20-19-18(23-13(2)24-20)8-14(9-22-19)10-26-7-6-15(27)11-26/h3-5,8-9,15,27H,6-7,10-11H2,1-2H3,(H,23,24,25). The Morgan fingerprint density at radius 2 is 2.15 bits per heavy atom. The van der Waals surface area contributed by atoms with E-state index in [-0.39, 0.29) is 6.10 Å². The zero-order valence-corrected chi connectivity index (χ0v) is 17.0. The number of halogens is 1. The Morgan fingerprint density at radius 1 is 1.30 bits per heavy atom. The molecule has 1 fully saturated rings. The summed E-state index contributed by atoms with van der Waals surface area (Å²) >= 11 is 3.57. The molecule has 0 radical (unpaired) electrons. The van der Waals surface area contributed by atoms with Gasteiger partial charge in [0.15, 0.2) is 5.82 Å². The van der Waals surface area contributed by atoms with Crippen LogP contribution in [0.4, 0.5) is 11.5 Å². The van der Waals surface area contributed by atoms with Crippen LogP contribution in [0.3, 0.4) is 0 Å². The van der Waals surface area contributed by atoms with Crippen LogP contribution in [0.5, 0.6) is 0 Å². The number of anilines is 2. The predicted molar refractivity (Wildman–Crippen MR) is 110 cm³/mol. The maximum absolute atomic E-state index is 9.71. The molecule has 2 N–H and O–H groups in total. The van der Waals surface area contributed by atoms with Crippen molar-refractivity contribution in [2.45, 2.75) is 32.9 Å². The normalized spacial score (nSPS) is 17.6. The van der Waals surface area contributed by atoms with Crippen molar-refractivity contribution >= 4 is 38.5 Å². The molecular weight excluding hydrogens is 406 g/mol. The van der Waals surface area contributed by atoms with Crippen molar-refractivity contribution in [2.24, 2.45) is 0 Å². The van der Waals surface area contributed by atoms with E-state index >= 15 is 0 Å². The fraction of sp³-hybridized carbons (Fsp3) is 0.350. The second-order valence-corrected chi connectivity index (χ2v) is 7.90. The van der Waals surface area contributed by atoms with Crippen molar-refractivity contribution in [3.05, 3.63) is 51.9 Å². The Kier molecular flexibility index (Phi) is 5.08. The fourth-order valence-corrected chi connectivity index (χ4v) is 3.80. The zero-order chi connectivity index (χ0) is 19.0. The minimum atomic E-state index is -0.216. The lowest BCUT2D eigenvalue weighted by molar-refractivity contribution is 0.175. The summed E-state index contributed by atoms with van der Waals surface area (Å²) < 4.78 is 1.05. The molecule has 6 nitrogen and oxygen atoms in total. The van der Waals surface area contributed by atoms with Gasteiger partial charge in [-0.15, -0.1) is 0 Å². The van der Waals surface area contributed by atoms with Crippen LogP contribution in [0, 0.1) is 13.8 Å². The van der Waals surface area contributed by atoms with E-state index in [0.717, 1.165) is 58.4 Å². The van der Waals surface area contributed by atoms with Crippen LogP contribution in [0.2, 0.25) is 0 Å². The predicted octanol–water partition coefficient (Wildman–Crippen LogP) is 3.71. The molecule has 3 heterocycles. The number of likely N-dealkylation sites (tertiary alicyclic amines) is 1. The van der Waals surface area contributed by atoms with Gasteiger partial charge >= 0.3 is 0 Å². The number of β-amino-alcohol motifs (C(OH)–C–C–N with tert-alkyl or cyclic N) is 1. The summed E-state index contributed by atoms with van der Waals surface area (Å²) in [6.07, 6.45) is 2.50. The van der Waals surface area contributed by atoms with E-state index in [0.29, 0.717) is 11.6 Å². The van der Waals surface area contributed by atoms with E-state index in [1.165, 1.54) is 0 Å². The average molecular weight is 428 g/mol. The Balaban J connectivity index is 1.66. The summed E-state index contributed by atoms with van der Waals surface area (Å²) in [4.78, 5) is 16.0. The molecule has 0 amide bonds. The molecule has 3 aromatic rings. The third-order valence-electron chi connectivity index (χ3n) is 4.88. The summed E-state index contributed by atoms with van der Waals surface area (Å²) in [5.41, 5.74) is 4.78. The van der Waals surface area contributed by atoms with Crippen LogP contribution in [0.25, 0.3) is 11.0 Å². The number of hydrogen-bond donors (Lipinski definition) is 2. The minimum absolute atomic E-state index is 0.216. The van der Waals surface area contributed by atoms with Gasteiger partial charge < -0.3 is 10.4 Å². The first kappa shape index (κ1) is 18.3. The molecule has 1 aliphatic rings. The first-order chi connectivity index (χ1) is 13.0. The molecule has 2 aromatic heterocycles. The Bertz CT molecular complexity index is 994. The molecule has 1 aromatic carbocycles. The molecule has 7 heteroatoms. The number of hydrogen-bond acceptors (Lipinski definition) is 6. The number of rotatable bonds is 4. The van der Waals surface area contributed by atoms with E-state index < -0.39 is 0 Å². The molecule has 1 saturated heterocycles. The Labute approximate surface area is 166 Å². The smallest absolute Gasteiger partial charge is 0.160 e. The molecular formula is C20H22BrN5O. The third kappa shape index (κ3) is 3.95. The van der Waals surface area contributed by atoms with E-state index in [2.05, 4.69) is 54.1 Å². The van der Waals surface area contributed by atoms with Crippen LogP contribution < -0.4 is 5.32 Å². The molecule has 1 aliphatic heterocycles. The van der Waals surface area contributed by atoms with Gasteiger partial charge in [-0.1, -0.05) is 22.0 Å². The number of nitrogens with zero attached hydrogens (tertiary/aromatic N) is 4. The topological polar surface area (TPSA) is 74.2 Å². The van der Waals surface area contributed by atoms with Gasteiger partial charge in [-0.05, 0) is 49.6 Å². The first-order valence-electron chi connectivity index (χ1n) is 9.05. The molecule has 27 heavy (non-hydrogen) atoms. The summed E-state index contributed by atoms with van der Waals surface area (Å²) in [6.45, 7) is 6.35. The maximum atomic E-state index is 9.71. The summed E-state index contributed by atoms with van der Waals surface area (Å²) in [5, 5.41) is 13.1. The van der Waals surface area contributed by atoms with Crippen molar-refractivity contribution < 1.29 is 5.11 Å². The van der Waals surface area contributed by atoms with Crippen molar-refractivity contribution in [1.82, 2.24) is 19.9 Å².